The van der Waals surface area contributed by atoms with Crippen molar-refractivity contribution in [2.45, 2.75) is 6.42 Å². The number of nitrogens with zero attached hydrogens (tertiary/aromatic N) is 2. The standard InChI is InChI=1S/C9H18N2O3/c1-10(4-5-12)6-8-2-3-11(7-8)9(13)14/h8,12H,2-7H2,1H3,(H,13,14). The van der Waals surface area contributed by atoms with Crippen molar-refractivity contribution in [2.75, 3.05) is 39.8 Å². The van der Waals surface area contributed by atoms with Gasteiger partial charge in [-0.25, -0.2) is 4.79 Å². The monoisotopic (exact) mass is 202 g/mol. The number of likely N-dealkylation sites (N-methyl/N-ethyl adjacent to an activating group) is 1. The Bertz CT molecular complexity index is 198. The van der Waals surface area contributed by atoms with Crippen LogP contribution in [0.4, 0.5) is 4.79 Å². The number of rotatable bonds is 4. The largest absolute Gasteiger partial charge is 0.465 e. The molecule has 5 heteroatoms. The lowest BCUT2D eigenvalue weighted by Gasteiger charge is -2.19. The van der Waals surface area contributed by atoms with Crippen LogP contribution in [0.2, 0.25) is 0 Å². The topological polar surface area (TPSA) is 64.0 Å². The van der Waals surface area contributed by atoms with Crippen LogP contribution in [-0.2, 0) is 0 Å². The molecule has 0 bridgehead atoms. The summed E-state index contributed by atoms with van der Waals surface area (Å²) in [4.78, 5) is 14.1. The molecule has 1 aliphatic rings. The molecule has 1 atom stereocenters. The zero-order chi connectivity index (χ0) is 10.6. The van der Waals surface area contributed by atoms with E-state index in [2.05, 4.69) is 0 Å². The van der Waals surface area contributed by atoms with Gasteiger partial charge in [0.25, 0.3) is 0 Å². The van der Waals surface area contributed by atoms with Crippen LogP contribution in [0.25, 0.3) is 0 Å². The number of aliphatic hydroxyl groups excluding tert-OH is 1. The first-order valence-corrected chi connectivity index (χ1v) is 4.90. The maximum absolute atomic E-state index is 10.6. The average Bonchev–Trinajstić information content (AvgIpc) is 2.53. The summed E-state index contributed by atoms with van der Waals surface area (Å²) >= 11 is 0. The number of hydrogen-bond donors (Lipinski definition) is 2. The second-order valence-corrected chi connectivity index (χ2v) is 3.87. The Kier molecular flexibility index (Phi) is 4.16. The summed E-state index contributed by atoms with van der Waals surface area (Å²) in [5.41, 5.74) is 0. The molecule has 1 rings (SSSR count). The fraction of sp³-hybridized carbons (Fsp3) is 0.889. The number of carboxylic acid groups (broad SMARTS) is 1. The summed E-state index contributed by atoms with van der Waals surface area (Å²) < 4.78 is 0. The fourth-order valence-corrected chi connectivity index (χ4v) is 1.86. The minimum absolute atomic E-state index is 0.159. The van der Waals surface area contributed by atoms with Crippen LogP contribution in [0, 0.1) is 5.92 Å². The number of hydrogen-bond acceptors (Lipinski definition) is 3. The molecule has 1 unspecified atom stereocenters. The van der Waals surface area contributed by atoms with Gasteiger partial charge >= 0.3 is 6.09 Å². The summed E-state index contributed by atoms with van der Waals surface area (Å²) in [5, 5.41) is 17.4. The lowest BCUT2D eigenvalue weighted by Crippen LogP contribution is -2.31. The minimum atomic E-state index is -0.822. The molecule has 2 N–H and O–H groups in total. The Morgan fingerprint density at radius 2 is 2.36 bits per heavy atom. The Morgan fingerprint density at radius 1 is 1.64 bits per heavy atom. The van der Waals surface area contributed by atoms with E-state index in [1.165, 1.54) is 4.90 Å². The van der Waals surface area contributed by atoms with E-state index in [4.69, 9.17) is 10.2 Å². The molecule has 0 aliphatic carbocycles. The fourth-order valence-electron chi connectivity index (χ4n) is 1.86. The number of aliphatic hydroxyl groups is 1. The molecule has 0 spiro atoms. The summed E-state index contributed by atoms with van der Waals surface area (Å²) in [6, 6.07) is 0. The van der Waals surface area contributed by atoms with Gasteiger partial charge in [0, 0.05) is 26.2 Å². The van der Waals surface area contributed by atoms with Crippen LogP contribution in [0.1, 0.15) is 6.42 Å². The molecule has 5 nitrogen and oxygen atoms in total. The zero-order valence-corrected chi connectivity index (χ0v) is 8.52. The molecular formula is C9H18N2O3. The molecular weight excluding hydrogens is 184 g/mol. The molecule has 0 aromatic rings. The average molecular weight is 202 g/mol. The molecule has 82 valence electrons. The lowest BCUT2D eigenvalue weighted by atomic mass is 10.1. The van der Waals surface area contributed by atoms with Crippen LogP contribution < -0.4 is 0 Å². The Labute approximate surface area is 83.9 Å². The van der Waals surface area contributed by atoms with Crippen molar-refractivity contribution in [3.05, 3.63) is 0 Å². The lowest BCUT2D eigenvalue weighted by molar-refractivity contribution is 0.151. The molecule has 0 aromatic carbocycles. The molecule has 0 aromatic heterocycles. The molecule has 14 heavy (non-hydrogen) atoms. The molecule has 1 saturated heterocycles. The normalized spacial score (nSPS) is 21.9. The highest BCUT2D eigenvalue weighted by Crippen LogP contribution is 2.16. The maximum atomic E-state index is 10.6. The van der Waals surface area contributed by atoms with Crippen LogP contribution in [0.5, 0.6) is 0 Å². The van der Waals surface area contributed by atoms with Crippen molar-refractivity contribution in [1.82, 2.24) is 9.80 Å². The predicted octanol–water partition coefficient (Wildman–Crippen LogP) is -0.0896. The van der Waals surface area contributed by atoms with Crippen molar-refractivity contribution in [3.63, 3.8) is 0 Å². The first-order valence-electron chi connectivity index (χ1n) is 4.90. The van der Waals surface area contributed by atoms with Crippen molar-refractivity contribution in [3.8, 4) is 0 Å². The second-order valence-electron chi connectivity index (χ2n) is 3.87. The Morgan fingerprint density at radius 3 is 2.86 bits per heavy atom. The van der Waals surface area contributed by atoms with Gasteiger partial charge in [-0.05, 0) is 19.4 Å². The van der Waals surface area contributed by atoms with Gasteiger partial charge in [0.1, 0.15) is 0 Å². The molecule has 1 aliphatic heterocycles. The van der Waals surface area contributed by atoms with Crippen molar-refractivity contribution < 1.29 is 15.0 Å². The quantitative estimate of drug-likeness (QED) is 0.668. The third kappa shape index (κ3) is 3.16. The number of carbonyl (C=O) groups is 1. The van der Waals surface area contributed by atoms with E-state index in [0.29, 0.717) is 25.6 Å². The number of likely N-dealkylation sites (tertiary alicyclic amines) is 1. The zero-order valence-electron chi connectivity index (χ0n) is 8.52. The minimum Gasteiger partial charge on any atom is -0.465 e. The molecule has 1 heterocycles. The summed E-state index contributed by atoms with van der Waals surface area (Å²) in [5.74, 6) is 0.419. The molecule has 0 radical (unpaired) electrons. The first kappa shape index (κ1) is 11.3. The van der Waals surface area contributed by atoms with E-state index in [0.717, 1.165) is 13.0 Å². The van der Waals surface area contributed by atoms with E-state index < -0.39 is 6.09 Å². The van der Waals surface area contributed by atoms with Crippen molar-refractivity contribution >= 4 is 6.09 Å². The first-order chi connectivity index (χ1) is 6.63. The Balaban J connectivity index is 2.25. The summed E-state index contributed by atoms with van der Waals surface area (Å²) in [6.07, 6.45) is 0.111. The smallest absolute Gasteiger partial charge is 0.407 e. The highest BCUT2D eigenvalue weighted by molar-refractivity contribution is 5.65. The van der Waals surface area contributed by atoms with Gasteiger partial charge in [0.2, 0.25) is 0 Å². The second kappa shape index (κ2) is 5.17. The van der Waals surface area contributed by atoms with Gasteiger partial charge in [0.15, 0.2) is 0 Å². The van der Waals surface area contributed by atoms with Gasteiger partial charge < -0.3 is 20.0 Å². The van der Waals surface area contributed by atoms with Gasteiger partial charge in [-0.2, -0.15) is 0 Å². The number of amides is 1. The van der Waals surface area contributed by atoms with Crippen LogP contribution in [0.15, 0.2) is 0 Å². The highest BCUT2D eigenvalue weighted by Gasteiger charge is 2.26. The third-order valence-corrected chi connectivity index (χ3v) is 2.61. The molecule has 1 amide bonds. The van der Waals surface area contributed by atoms with Crippen molar-refractivity contribution in [2.24, 2.45) is 5.92 Å². The van der Waals surface area contributed by atoms with E-state index in [9.17, 15) is 4.79 Å². The predicted molar refractivity (Wildman–Crippen MR) is 52.3 cm³/mol. The summed E-state index contributed by atoms with van der Waals surface area (Å²) in [6.45, 7) is 2.96. The van der Waals surface area contributed by atoms with Crippen LogP contribution in [0.3, 0.4) is 0 Å². The highest BCUT2D eigenvalue weighted by atomic mass is 16.4. The van der Waals surface area contributed by atoms with E-state index in [1.54, 1.807) is 0 Å². The van der Waals surface area contributed by atoms with Gasteiger partial charge in [-0.1, -0.05) is 0 Å². The van der Waals surface area contributed by atoms with E-state index in [-0.39, 0.29) is 6.61 Å². The summed E-state index contributed by atoms with van der Waals surface area (Å²) in [7, 11) is 1.94. The van der Waals surface area contributed by atoms with E-state index in [1.807, 2.05) is 11.9 Å². The third-order valence-electron chi connectivity index (χ3n) is 2.61. The van der Waals surface area contributed by atoms with E-state index >= 15 is 0 Å². The van der Waals surface area contributed by atoms with Gasteiger partial charge in [0.05, 0.1) is 6.61 Å². The van der Waals surface area contributed by atoms with Gasteiger partial charge in [-0.15, -0.1) is 0 Å². The Hall–Kier alpha value is -0.810. The van der Waals surface area contributed by atoms with Crippen LogP contribution >= 0.6 is 0 Å². The maximum Gasteiger partial charge on any atom is 0.407 e. The molecule has 0 saturated carbocycles. The van der Waals surface area contributed by atoms with Gasteiger partial charge in [-0.3, -0.25) is 0 Å². The van der Waals surface area contributed by atoms with Crippen LogP contribution in [-0.4, -0.2) is 65.9 Å². The van der Waals surface area contributed by atoms with Crippen molar-refractivity contribution in [1.29, 1.82) is 0 Å². The SMILES string of the molecule is CN(CCO)CC1CCN(C(=O)O)C1. The molecule has 1 fully saturated rings.